The monoisotopic (exact) mass is 495 g/mol. The Morgan fingerprint density at radius 1 is 1.17 bits per heavy atom. The van der Waals surface area contributed by atoms with E-state index in [0.717, 1.165) is 38.5 Å². The fraction of sp³-hybridized carbons (Fsp3) is 0.600. The van der Waals surface area contributed by atoms with E-state index < -0.39 is 23.8 Å². The molecule has 194 valence electrons. The molecule has 1 saturated heterocycles. The molecule has 0 saturated carbocycles. The fourth-order valence-electron chi connectivity index (χ4n) is 4.05. The third-order valence-electron chi connectivity index (χ3n) is 5.98. The van der Waals surface area contributed by atoms with E-state index in [1.54, 1.807) is 39.0 Å². The van der Waals surface area contributed by atoms with Crippen molar-refractivity contribution < 1.29 is 22.7 Å². The van der Waals surface area contributed by atoms with E-state index in [1.165, 1.54) is 0 Å². The van der Waals surface area contributed by atoms with E-state index >= 15 is 0 Å². The van der Waals surface area contributed by atoms with Crippen LogP contribution >= 0.6 is 0 Å². The van der Waals surface area contributed by atoms with E-state index in [4.69, 9.17) is 4.74 Å². The lowest BCUT2D eigenvalue weighted by Gasteiger charge is -2.30. The van der Waals surface area contributed by atoms with Crippen LogP contribution in [0.5, 0.6) is 0 Å². The minimum Gasteiger partial charge on any atom is -0.444 e. The number of carbonyl (C=O) groups excluding carboxylic acids is 1. The zero-order valence-corrected chi connectivity index (χ0v) is 21.1. The summed E-state index contributed by atoms with van der Waals surface area (Å²) in [5, 5.41) is 10.4. The summed E-state index contributed by atoms with van der Waals surface area (Å²) in [7, 11) is 2.08. The number of pyridine rings is 1. The van der Waals surface area contributed by atoms with Gasteiger partial charge in [0, 0.05) is 35.6 Å². The molecule has 10 heteroatoms. The largest absolute Gasteiger partial charge is 0.444 e. The minimum absolute atomic E-state index is 0.0235. The molecule has 0 radical (unpaired) electrons. The summed E-state index contributed by atoms with van der Waals surface area (Å²) in [6, 6.07) is 7.38. The first-order valence-electron chi connectivity index (χ1n) is 12.0. The number of fused-ring (bicyclic) bond motifs is 1. The van der Waals surface area contributed by atoms with E-state index in [0.29, 0.717) is 16.6 Å². The Hall–Kier alpha value is -2.75. The Kier molecular flexibility index (Phi) is 8.35. The number of hydrogen-bond donors (Lipinski definition) is 3. The molecule has 1 fully saturated rings. The number of ether oxygens (including phenoxy) is 1. The van der Waals surface area contributed by atoms with Gasteiger partial charge in [-0.05, 0) is 72.8 Å². The molecule has 3 rings (SSSR count). The highest BCUT2D eigenvalue weighted by Crippen LogP contribution is 2.39. The highest BCUT2D eigenvalue weighted by atomic mass is 19.4. The van der Waals surface area contributed by atoms with E-state index in [-0.39, 0.29) is 24.8 Å². The van der Waals surface area contributed by atoms with Gasteiger partial charge in [-0.25, -0.2) is 9.78 Å². The van der Waals surface area contributed by atoms with Crippen LogP contribution in [0.4, 0.5) is 29.5 Å². The van der Waals surface area contributed by atoms with E-state index in [1.807, 2.05) is 6.07 Å². The summed E-state index contributed by atoms with van der Waals surface area (Å²) in [5.41, 5.74) is 0.159. The average Bonchev–Trinajstić information content (AvgIpc) is 2.76. The molecule has 0 bridgehead atoms. The van der Waals surface area contributed by atoms with Gasteiger partial charge < -0.3 is 25.6 Å². The van der Waals surface area contributed by atoms with Crippen molar-refractivity contribution in [3.05, 3.63) is 30.0 Å². The molecule has 2 heterocycles. The zero-order valence-electron chi connectivity index (χ0n) is 21.1. The predicted molar refractivity (Wildman–Crippen MR) is 133 cm³/mol. The van der Waals surface area contributed by atoms with Gasteiger partial charge in [0.2, 0.25) is 0 Å². The highest BCUT2D eigenvalue weighted by Gasteiger charge is 2.39. The number of benzene rings is 1. The summed E-state index contributed by atoms with van der Waals surface area (Å²) in [5.74, 6) is -1.41. The Bertz CT molecular complexity index is 1010. The molecule has 1 atom stereocenters. The molecule has 1 aromatic heterocycles. The molecule has 1 amide bonds. The summed E-state index contributed by atoms with van der Waals surface area (Å²) in [6.45, 7) is 8.89. The first-order valence-corrected chi connectivity index (χ1v) is 12.0. The molecule has 7 nitrogen and oxygen atoms in total. The molecule has 2 aromatic rings. The first-order chi connectivity index (χ1) is 16.3. The third-order valence-corrected chi connectivity index (χ3v) is 5.98. The van der Waals surface area contributed by atoms with Crippen LogP contribution in [0.1, 0.15) is 52.1 Å². The number of amides is 1. The number of nitrogens with zero attached hydrogens (tertiary/aromatic N) is 2. The Morgan fingerprint density at radius 3 is 2.49 bits per heavy atom. The van der Waals surface area contributed by atoms with Crippen molar-refractivity contribution in [2.75, 3.05) is 43.9 Å². The Morgan fingerprint density at radius 2 is 1.86 bits per heavy atom. The van der Waals surface area contributed by atoms with E-state index in [2.05, 4.69) is 32.9 Å². The topological polar surface area (TPSA) is 78.5 Å². The Balaban J connectivity index is 1.83. The van der Waals surface area contributed by atoms with Crippen LogP contribution in [0.15, 0.2) is 24.3 Å². The number of nitrogens with one attached hydrogen (secondary N) is 3. The molecule has 3 N–H and O–H groups in total. The Labute approximate surface area is 204 Å². The number of piperidine rings is 1. The van der Waals surface area contributed by atoms with E-state index in [9.17, 15) is 18.0 Å². The zero-order chi connectivity index (χ0) is 25.8. The number of alkyl halides is 3. The molecule has 1 unspecified atom stereocenters. The van der Waals surface area contributed by atoms with Crippen molar-refractivity contribution in [1.82, 2.24) is 15.2 Å². The van der Waals surface area contributed by atoms with Gasteiger partial charge in [-0.1, -0.05) is 12.1 Å². The number of hydrogen-bond acceptors (Lipinski definition) is 6. The number of likely N-dealkylation sites (tertiary alicyclic amines) is 1. The second kappa shape index (κ2) is 10.9. The average molecular weight is 496 g/mol. The molecule has 35 heavy (non-hydrogen) atoms. The van der Waals surface area contributed by atoms with Gasteiger partial charge in [-0.2, -0.15) is 13.2 Å². The quantitative estimate of drug-likeness (QED) is 0.450. The number of halogens is 3. The van der Waals surface area contributed by atoms with Gasteiger partial charge in [0.05, 0.1) is 11.6 Å². The van der Waals surface area contributed by atoms with Gasteiger partial charge in [0.15, 0.2) is 0 Å². The number of aromatic nitrogens is 1. The van der Waals surface area contributed by atoms with Crippen LogP contribution < -0.4 is 16.0 Å². The maximum absolute atomic E-state index is 13.7. The second-order valence-electron chi connectivity index (χ2n) is 10.1. The smallest absolute Gasteiger partial charge is 0.407 e. The van der Waals surface area contributed by atoms with Gasteiger partial charge in [0.1, 0.15) is 11.4 Å². The number of anilines is 2. The number of alkyl carbamates (subject to hydrolysis) is 1. The number of carbonyl (C=O) groups is 1. The van der Waals surface area contributed by atoms with Crippen LogP contribution in [-0.2, 0) is 4.74 Å². The standard InChI is InChI=1S/C25H36F3N5O2/c1-16(25(26,27)28)22-18-7-6-8-20(31-17-9-13-33(5)14-10-17)19(18)15-21(32-22)29-11-12-30-23(34)35-24(2,3)4/h6-8,15-17,31H,9-14H2,1-5H3,(H,29,32)(H,30,34). The molecule has 0 aliphatic carbocycles. The van der Waals surface area contributed by atoms with Crippen molar-refractivity contribution in [2.45, 2.75) is 64.3 Å². The lowest BCUT2D eigenvalue weighted by molar-refractivity contribution is -0.146. The molecular formula is C25H36F3N5O2. The highest BCUT2D eigenvalue weighted by molar-refractivity contribution is 5.97. The maximum Gasteiger partial charge on any atom is 0.407 e. The van der Waals surface area contributed by atoms with Gasteiger partial charge in [-0.3, -0.25) is 0 Å². The minimum atomic E-state index is -4.42. The van der Waals surface area contributed by atoms with Crippen LogP contribution in [0.3, 0.4) is 0 Å². The fourth-order valence-corrected chi connectivity index (χ4v) is 4.05. The van der Waals surface area contributed by atoms with Gasteiger partial charge in [-0.15, -0.1) is 0 Å². The normalized spacial score (nSPS) is 16.7. The molecule has 1 aromatic carbocycles. The summed E-state index contributed by atoms with van der Waals surface area (Å²) >= 11 is 0. The van der Waals surface area contributed by atoms with Crippen LogP contribution in [-0.4, -0.2) is 67.0 Å². The lowest BCUT2D eigenvalue weighted by atomic mass is 9.98. The van der Waals surface area contributed by atoms with Crippen LogP contribution in [0.25, 0.3) is 10.8 Å². The van der Waals surface area contributed by atoms with Gasteiger partial charge >= 0.3 is 12.3 Å². The SMILES string of the molecule is CC(c1nc(NCCNC(=O)OC(C)(C)C)cc2c(NC3CCN(C)CC3)cccc12)C(F)(F)F. The summed E-state index contributed by atoms with van der Waals surface area (Å²) in [4.78, 5) is 18.4. The summed E-state index contributed by atoms with van der Waals surface area (Å²) in [6.07, 6.45) is -3.05. The second-order valence-corrected chi connectivity index (χ2v) is 10.1. The lowest BCUT2D eigenvalue weighted by Crippen LogP contribution is -2.36. The number of rotatable bonds is 7. The predicted octanol–water partition coefficient (Wildman–Crippen LogP) is 5.34. The molecule has 1 aliphatic heterocycles. The van der Waals surface area contributed by atoms with Crippen molar-refractivity contribution >= 4 is 28.4 Å². The first kappa shape index (κ1) is 26.8. The molecule has 0 spiro atoms. The summed E-state index contributed by atoms with van der Waals surface area (Å²) < 4.78 is 46.3. The maximum atomic E-state index is 13.7. The van der Waals surface area contributed by atoms with Crippen LogP contribution in [0.2, 0.25) is 0 Å². The van der Waals surface area contributed by atoms with Gasteiger partial charge in [0.25, 0.3) is 0 Å². The molecular weight excluding hydrogens is 459 g/mol. The molecule has 1 aliphatic rings. The third kappa shape index (κ3) is 7.62. The van der Waals surface area contributed by atoms with Crippen molar-refractivity contribution in [2.24, 2.45) is 0 Å². The van der Waals surface area contributed by atoms with Crippen molar-refractivity contribution in [3.8, 4) is 0 Å². The van der Waals surface area contributed by atoms with Crippen molar-refractivity contribution in [1.29, 1.82) is 0 Å². The van der Waals surface area contributed by atoms with Crippen LogP contribution in [0, 0.1) is 0 Å². The van der Waals surface area contributed by atoms with Crippen molar-refractivity contribution in [3.63, 3.8) is 0 Å².